The largest absolute Gasteiger partial charge is 0.466 e. The van der Waals surface area contributed by atoms with Gasteiger partial charge in [0, 0.05) is 13.8 Å². The van der Waals surface area contributed by atoms with E-state index in [1.54, 1.807) is 13.8 Å². The highest BCUT2D eigenvalue weighted by molar-refractivity contribution is 5.66. The highest BCUT2D eigenvalue weighted by atomic mass is 16.5. The Balaban J connectivity index is -0.000000174. The van der Waals surface area contributed by atoms with E-state index in [0.717, 1.165) is 0 Å². The summed E-state index contributed by atoms with van der Waals surface area (Å²) in [6.07, 6.45) is -0.560. The summed E-state index contributed by atoms with van der Waals surface area (Å²) >= 11 is 0. The predicted molar refractivity (Wildman–Crippen MR) is 63.4 cm³/mol. The van der Waals surface area contributed by atoms with Gasteiger partial charge in [0.2, 0.25) is 0 Å². The van der Waals surface area contributed by atoms with Gasteiger partial charge in [0.05, 0.1) is 25.9 Å². The van der Waals surface area contributed by atoms with E-state index in [1.165, 1.54) is 20.8 Å². The average molecular weight is 252 g/mol. The van der Waals surface area contributed by atoms with E-state index in [0.29, 0.717) is 13.2 Å². The van der Waals surface area contributed by atoms with Crippen molar-refractivity contribution in [3.63, 3.8) is 0 Å². The minimum absolute atomic E-state index is 0.139. The maximum absolute atomic E-state index is 9.82. The van der Waals surface area contributed by atoms with Gasteiger partial charge in [-0.1, -0.05) is 0 Å². The van der Waals surface area contributed by atoms with Crippen molar-refractivity contribution in [1.82, 2.24) is 0 Å². The zero-order valence-corrected chi connectivity index (χ0v) is 11.2. The molecule has 0 radical (unpaired) electrons. The summed E-state index contributed by atoms with van der Waals surface area (Å²) in [6, 6.07) is 0. The van der Waals surface area contributed by atoms with Gasteiger partial charge in [-0.15, -0.1) is 0 Å². The van der Waals surface area contributed by atoms with Crippen molar-refractivity contribution in [1.29, 1.82) is 0 Å². The Hall–Kier alpha value is -1.14. The summed E-state index contributed by atoms with van der Waals surface area (Å²) in [7, 11) is 0. The summed E-state index contributed by atoms with van der Waals surface area (Å²) in [5, 5.41) is 16.0. The van der Waals surface area contributed by atoms with Crippen molar-refractivity contribution >= 4 is 11.9 Å². The summed E-state index contributed by atoms with van der Waals surface area (Å²) < 4.78 is 8.81. The van der Waals surface area contributed by atoms with Crippen molar-refractivity contribution in [3.05, 3.63) is 0 Å². The average Bonchev–Trinajstić information content (AvgIpc) is 2.19. The van der Waals surface area contributed by atoms with E-state index in [9.17, 15) is 9.59 Å². The highest BCUT2D eigenvalue weighted by Gasteiger charge is 1.83. The molecule has 0 amide bonds. The second kappa shape index (κ2) is 17.3. The van der Waals surface area contributed by atoms with Crippen LogP contribution in [0.2, 0.25) is 0 Å². The SMILES string of the molecule is CC(O)CO.CCOC(C)=O.CCOC(C)=O. The Labute approximate surface area is 103 Å². The number of ether oxygens (including phenoxy) is 2. The van der Waals surface area contributed by atoms with E-state index in [4.69, 9.17) is 10.2 Å². The highest BCUT2D eigenvalue weighted by Crippen LogP contribution is 1.70. The Morgan fingerprint density at radius 2 is 1.29 bits per heavy atom. The summed E-state index contributed by atoms with van der Waals surface area (Å²) in [6.45, 7) is 8.69. The van der Waals surface area contributed by atoms with Crippen molar-refractivity contribution in [2.75, 3.05) is 19.8 Å². The standard InChI is InChI=1S/2C4H8O2.C3H8O2/c2*1-3-6-4(2)5;1-3(5)2-4/h2*3H2,1-2H3;3-5H,2H2,1H3. The fourth-order valence-corrected chi connectivity index (χ4v) is 0.407. The van der Waals surface area contributed by atoms with Crippen LogP contribution in [0, 0.1) is 0 Å². The van der Waals surface area contributed by atoms with Crippen LogP contribution < -0.4 is 0 Å². The molecule has 0 aliphatic heterocycles. The zero-order valence-electron chi connectivity index (χ0n) is 11.2. The van der Waals surface area contributed by atoms with Gasteiger partial charge in [-0.05, 0) is 20.8 Å². The third kappa shape index (κ3) is 52.2. The molecule has 0 saturated carbocycles. The van der Waals surface area contributed by atoms with Gasteiger partial charge in [0.15, 0.2) is 0 Å². The van der Waals surface area contributed by atoms with Crippen LogP contribution in [0.3, 0.4) is 0 Å². The maximum Gasteiger partial charge on any atom is 0.302 e. The summed E-state index contributed by atoms with van der Waals surface area (Å²) in [5.74, 6) is -0.421. The quantitative estimate of drug-likeness (QED) is 0.710. The Morgan fingerprint density at radius 3 is 1.29 bits per heavy atom. The second-order valence-electron chi connectivity index (χ2n) is 2.88. The molecule has 0 aliphatic carbocycles. The number of rotatable bonds is 3. The van der Waals surface area contributed by atoms with Gasteiger partial charge < -0.3 is 19.7 Å². The van der Waals surface area contributed by atoms with Gasteiger partial charge in [0.1, 0.15) is 0 Å². The molecule has 1 atom stereocenters. The monoisotopic (exact) mass is 252 g/mol. The van der Waals surface area contributed by atoms with Crippen LogP contribution in [-0.4, -0.2) is 48.1 Å². The summed E-state index contributed by atoms with van der Waals surface area (Å²) in [4.78, 5) is 19.6. The van der Waals surface area contributed by atoms with Crippen LogP contribution in [0.5, 0.6) is 0 Å². The number of hydrogen-bond acceptors (Lipinski definition) is 6. The first kappa shape index (κ1) is 21.2. The van der Waals surface area contributed by atoms with Crippen LogP contribution in [0.4, 0.5) is 0 Å². The number of esters is 2. The second-order valence-corrected chi connectivity index (χ2v) is 2.88. The van der Waals surface area contributed by atoms with Gasteiger partial charge in [-0.3, -0.25) is 9.59 Å². The Bertz CT molecular complexity index is 163. The van der Waals surface area contributed by atoms with Crippen LogP contribution in [0.1, 0.15) is 34.6 Å². The molecule has 0 rings (SSSR count). The van der Waals surface area contributed by atoms with Crippen LogP contribution >= 0.6 is 0 Å². The normalized spacial score (nSPS) is 9.82. The molecule has 1 unspecified atom stereocenters. The predicted octanol–water partition coefficient (Wildman–Crippen LogP) is 0.498. The molecule has 0 spiro atoms. The first-order valence-electron chi connectivity index (χ1n) is 5.37. The molecule has 6 nitrogen and oxygen atoms in total. The Morgan fingerprint density at radius 1 is 1.06 bits per heavy atom. The lowest BCUT2D eigenvalue weighted by Crippen LogP contribution is -2.03. The van der Waals surface area contributed by atoms with Crippen LogP contribution in [0.15, 0.2) is 0 Å². The fourth-order valence-electron chi connectivity index (χ4n) is 0.407. The van der Waals surface area contributed by atoms with E-state index < -0.39 is 6.10 Å². The van der Waals surface area contributed by atoms with Gasteiger partial charge in [-0.2, -0.15) is 0 Å². The van der Waals surface area contributed by atoms with E-state index >= 15 is 0 Å². The fraction of sp³-hybridized carbons (Fsp3) is 0.818. The summed E-state index contributed by atoms with van der Waals surface area (Å²) in [5.41, 5.74) is 0. The Kier molecular flexibility index (Phi) is 21.5. The molecule has 0 aromatic heterocycles. The van der Waals surface area contributed by atoms with Crippen molar-refractivity contribution in [2.45, 2.75) is 40.7 Å². The molecule has 0 aliphatic rings. The number of carbonyl (C=O) groups is 2. The molecule has 0 bridgehead atoms. The first-order chi connectivity index (χ1) is 7.81. The maximum atomic E-state index is 9.82. The van der Waals surface area contributed by atoms with E-state index in [-0.39, 0.29) is 18.5 Å². The van der Waals surface area contributed by atoms with E-state index in [1.807, 2.05) is 0 Å². The molecule has 2 N–H and O–H groups in total. The minimum Gasteiger partial charge on any atom is -0.466 e. The minimum atomic E-state index is -0.560. The molecule has 0 fully saturated rings. The molecule has 0 heterocycles. The van der Waals surface area contributed by atoms with Gasteiger partial charge in [0.25, 0.3) is 0 Å². The third-order valence-corrected chi connectivity index (χ3v) is 0.959. The molecule has 0 aromatic carbocycles. The van der Waals surface area contributed by atoms with Crippen molar-refractivity contribution in [3.8, 4) is 0 Å². The molecule has 0 saturated heterocycles. The van der Waals surface area contributed by atoms with Crippen LogP contribution in [0.25, 0.3) is 0 Å². The number of aliphatic hydroxyl groups excluding tert-OH is 2. The molecular weight excluding hydrogens is 228 g/mol. The van der Waals surface area contributed by atoms with E-state index in [2.05, 4.69) is 9.47 Å². The molecule has 104 valence electrons. The van der Waals surface area contributed by atoms with Crippen LogP contribution in [-0.2, 0) is 19.1 Å². The van der Waals surface area contributed by atoms with Crippen molar-refractivity contribution < 1.29 is 29.3 Å². The topological polar surface area (TPSA) is 93.1 Å². The third-order valence-electron chi connectivity index (χ3n) is 0.959. The molecule has 0 aromatic rings. The lowest BCUT2D eigenvalue weighted by atomic mass is 10.5. The lowest BCUT2D eigenvalue weighted by molar-refractivity contribution is -0.141. The number of aliphatic hydroxyl groups is 2. The first-order valence-corrected chi connectivity index (χ1v) is 5.37. The lowest BCUT2D eigenvalue weighted by Gasteiger charge is -1.90. The van der Waals surface area contributed by atoms with Gasteiger partial charge >= 0.3 is 11.9 Å². The smallest absolute Gasteiger partial charge is 0.302 e. The zero-order chi connectivity index (χ0) is 14.3. The molecule has 17 heavy (non-hydrogen) atoms. The number of carbonyl (C=O) groups excluding carboxylic acids is 2. The molecular formula is C11H24O6. The van der Waals surface area contributed by atoms with Gasteiger partial charge in [-0.25, -0.2) is 0 Å². The van der Waals surface area contributed by atoms with Crippen molar-refractivity contribution in [2.24, 2.45) is 0 Å². The number of hydrogen-bond donors (Lipinski definition) is 2. The molecule has 6 heteroatoms.